The third-order valence-electron chi connectivity index (χ3n) is 4.52. The number of furan rings is 1. The maximum Gasteiger partial charge on any atom is 0.230 e. The van der Waals surface area contributed by atoms with Crippen molar-refractivity contribution in [2.75, 3.05) is 0 Å². The van der Waals surface area contributed by atoms with E-state index in [9.17, 15) is 4.79 Å². The fraction of sp³-hybridized carbons (Fsp3) is 0.688. The number of rotatable bonds is 5. The molecule has 2 rings (SSSR count). The topological polar surface area (TPSA) is 59.5 Å². The predicted octanol–water partition coefficient (Wildman–Crippen LogP) is 2.84. The Labute approximate surface area is 121 Å². The van der Waals surface area contributed by atoms with E-state index in [1.165, 1.54) is 0 Å². The maximum atomic E-state index is 12.9. The molecule has 0 spiro atoms. The van der Waals surface area contributed by atoms with Crippen molar-refractivity contribution in [2.24, 2.45) is 11.1 Å². The number of carbonyl (C=O) groups excluding carboxylic acids is 1. The average Bonchev–Trinajstić information content (AvgIpc) is 3.08. The van der Waals surface area contributed by atoms with E-state index in [0.29, 0.717) is 12.6 Å². The number of amides is 1. The van der Waals surface area contributed by atoms with Gasteiger partial charge in [0.25, 0.3) is 0 Å². The van der Waals surface area contributed by atoms with Gasteiger partial charge in [-0.15, -0.1) is 0 Å². The summed E-state index contributed by atoms with van der Waals surface area (Å²) in [6, 6.07) is 4.22. The van der Waals surface area contributed by atoms with Crippen LogP contribution in [-0.4, -0.2) is 22.4 Å². The van der Waals surface area contributed by atoms with E-state index in [1.807, 2.05) is 51.7 Å². The molecular formula is C16H26N2O2. The van der Waals surface area contributed by atoms with E-state index in [1.54, 1.807) is 0 Å². The summed E-state index contributed by atoms with van der Waals surface area (Å²) in [6.45, 7) is 10.1. The molecule has 1 fully saturated rings. The van der Waals surface area contributed by atoms with Gasteiger partial charge in [-0.25, -0.2) is 0 Å². The van der Waals surface area contributed by atoms with E-state index in [4.69, 9.17) is 10.2 Å². The lowest BCUT2D eigenvalue weighted by molar-refractivity contribution is -0.145. The number of aryl methyl sites for hydroxylation is 1. The van der Waals surface area contributed by atoms with Crippen LogP contribution in [0.25, 0.3) is 0 Å². The molecule has 1 aromatic heterocycles. The highest BCUT2D eigenvalue weighted by Crippen LogP contribution is 2.36. The van der Waals surface area contributed by atoms with Crippen molar-refractivity contribution >= 4 is 5.91 Å². The van der Waals surface area contributed by atoms with Crippen molar-refractivity contribution in [3.63, 3.8) is 0 Å². The number of hydrogen-bond acceptors (Lipinski definition) is 3. The molecule has 1 aliphatic carbocycles. The zero-order chi connectivity index (χ0) is 15.1. The van der Waals surface area contributed by atoms with Crippen LogP contribution in [0.5, 0.6) is 0 Å². The minimum Gasteiger partial charge on any atom is -0.464 e. The van der Waals surface area contributed by atoms with Crippen LogP contribution < -0.4 is 5.73 Å². The van der Waals surface area contributed by atoms with Crippen LogP contribution in [0.15, 0.2) is 16.5 Å². The molecule has 0 bridgehead atoms. The summed E-state index contributed by atoms with van der Waals surface area (Å²) in [5, 5.41) is 0. The number of nitrogens with zero attached hydrogens (tertiary/aromatic N) is 1. The van der Waals surface area contributed by atoms with E-state index in [0.717, 1.165) is 24.4 Å². The van der Waals surface area contributed by atoms with Crippen molar-refractivity contribution in [3.05, 3.63) is 23.7 Å². The molecule has 4 heteroatoms. The van der Waals surface area contributed by atoms with E-state index in [-0.39, 0.29) is 5.91 Å². The van der Waals surface area contributed by atoms with Gasteiger partial charge in [0.15, 0.2) is 0 Å². The summed E-state index contributed by atoms with van der Waals surface area (Å²) in [5.74, 6) is 1.83. The van der Waals surface area contributed by atoms with Gasteiger partial charge in [-0.2, -0.15) is 0 Å². The van der Waals surface area contributed by atoms with E-state index in [2.05, 4.69) is 0 Å². The summed E-state index contributed by atoms with van der Waals surface area (Å²) in [6.07, 6.45) is 2.15. The van der Waals surface area contributed by atoms with Gasteiger partial charge in [0.1, 0.15) is 11.5 Å². The molecule has 0 aliphatic heterocycles. The van der Waals surface area contributed by atoms with Gasteiger partial charge in [0.05, 0.1) is 12.0 Å². The third kappa shape index (κ3) is 2.90. The molecule has 0 unspecified atom stereocenters. The van der Waals surface area contributed by atoms with Crippen molar-refractivity contribution < 1.29 is 9.21 Å². The first-order chi connectivity index (χ1) is 9.13. The molecule has 1 amide bonds. The molecule has 1 saturated carbocycles. The Morgan fingerprint density at radius 2 is 1.95 bits per heavy atom. The third-order valence-corrected chi connectivity index (χ3v) is 4.52. The Balaban J connectivity index is 2.19. The molecule has 20 heavy (non-hydrogen) atoms. The van der Waals surface area contributed by atoms with E-state index >= 15 is 0 Å². The Morgan fingerprint density at radius 3 is 2.35 bits per heavy atom. The summed E-state index contributed by atoms with van der Waals surface area (Å²) in [5.41, 5.74) is 5.04. The second kappa shape index (κ2) is 4.92. The van der Waals surface area contributed by atoms with Crippen LogP contribution in [0.1, 0.15) is 52.1 Å². The van der Waals surface area contributed by atoms with Gasteiger partial charge < -0.3 is 15.1 Å². The number of hydrogen-bond donors (Lipinski definition) is 1. The summed E-state index contributed by atoms with van der Waals surface area (Å²) >= 11 is 0. The van der Waals surface area contributed by atoms with Crippen molar-refractivity contribution in [3.8, 4) is 0 Å². The van der Waals surface area contributed by atoms with Gasteiger partial charge in [-0.1, -0.05) is 0 Å². The lowest BCUT2D eigenvalue weighted by Crippen LogP contribution is -2.56. The molecule has 1 aromatic rings. The van der Waals surface area contributed by atoms with Crippen molar-refractivity contribution in [1.82, 2.24) is 4.90 Å². The van der Waals surface area contributed by atoms with Gasteiger partial charge in [0.2, 0.25) is 5.91 Å². The monoisotopic (exact) mass is 278 g/mol. The SMILES string of the molecule is Cc1ccc(CN(C(=O)C(C)(C)C(C)(C)N)C2CC2)o1. The summed E-state index contributed by atoms with van der Waals surface area (Å²) in [7, 11) is 0. The van der Waals surface area contributed by atoms with Crippen LogP contribution in [0, 0.1) is 12.3 Å². The predicted molar refractivity (Wildman–Crippen MR) is 79.1 cm³/mol. The standard InChI is InChI=1S/C16H26N2O2/c1-11-6-9-13(20-11)10-18(12-7-8-12)14(19)15(2,3)16(4,5)17/h6,9,12H,7-8,10,17H2,1-5H3. The van der Waals surface area contributed by atoms with Gasteiger partial charge in [0, 0.05) is 11.6 Å². The second-order valence-corrected chi connectivity index (χ2v) is 7.02. The number of carbonyl (C=O) groups is 1. The minimum absolute atomic E-state index is 0.113. The molecule has 0 radical (unpaired) electrons. The Kier molecular flexibility index (Phi) is 3.71. The highest BCUT2D eigenvalue weighted by atomic mass is 16.3. The molecular weight excluding hydrogens is 252 g/mol. The Hall–Kier alpha value is -1.29. The zero-order valence-electron chi connectivity index (χ0n) is 13.2. The Bertz CT molecular complexity index is 493. The van der Waals surface area contributed by atoms with Gasteiger partial charge in [-0.3, -0.25) is 4.79 Å². The lowest BCUT2D eigenvalue weighted by atomic mass is 9.74. The van der Waals surface area contributed by atoms with Crippen LogP contribution in [-0.2, 0) is 11.3 Å². The highest BCUT2D eigenvalue weighted by Gasteiger charge is 2.46. The quantitative estimate of drug-likeness (QED) is 0.901. The molecule has 0 atom stereocenters. The van der Waals surface area contributed by atoms with Crippen LogP contribution >= 0.6 is 0 Å². The fourth-order valence-corrected chi connectivity index (χ4v) is 2.13. The van der Waals surface area contributed by atoms with Gasteiger partial charge >= 0.3 is 0 Å². The molecule has 1 heterocycles. The zero-order valence-corrected chi connectivity index (χ0v) is 13.2. The van der Waals surface area contributed by atoms with Crippen LogP contribution in [0.2, 0.25) is 0 Å². The van der Waals surface area contributed by atoms with Gasteiger partial charge in [-0.05, 0) is 59.6 Å². The molecule has 4 nitrogen and oxygen atoms in total. The first-order valence-electron chi connectivity index (χ1n) is 7.28. The smallest absolute Gasteiger partial charge is 0.230 e. The van der Waals surface area contributed by atoms with Crippen molar-refractivity contribution in [2.45, 2.75) is 65.6 Å². The molecule has 112 valence electrons. The molecule has 2 N–H and O–H groups in total. The molecule has 0 aromatic carbocycles. The first-order valence-corrected chi connectivity index (χ1v) is 7.28. The summed E-state index contributed by atoms with van der Waals surface area (Å²) in [4.78, 5) is 14.8. The van der Waals surface area contributed by atoms with Crippen molar-refractivity contribution in [1.29, 1.82) is 0 Å². The molecule has 1 aliphatic rings. The second-order valence-electron chi connectivity index (χ2n) is 7.02. The normalized spacial score (nSPS) is 16.3. The van der Waals surface area contributed by atoms with Crippen LogP contribution in [0.3, 0.4) is 0 Å². The summed E-state index contributed by atoms with van der Waals surface area (Å²) < 4.78 is 5.62. The largest absolute Gasteiger partial charge is 0.464 e. The first kappa shape index (κ1) is 15.1. The fourth-order valence-electron chi connectivity index (χ4n) is 2.13. The van der Waals surface area contributed by atoms with E-state index < -0.39 is 11.0 Å². The number of nitrogens with two attached hydrogens (primary N) is 1. The highest BCUT2D eigenvalue weighted by molar-refractivity contribution is 5.84. The minimum atomic E-state index is -0.600. The lowest BCUT2D eigenvalue weighted by Gasteiger charge is -2.40. The maximum absolute atomic E-state index is 12.9. The van der Waals surface area contributed by atoms with Crippen LogP contribution in [0.4, 0.5) is 0 Å². The average molecular weight is 278 g/mol. The molecule has 0 saturated heterocycles. The Morgan fingerprint density at radius 1 is 1.35 bits per heavy atom.